The highest BCUT2D eigenvalue weighted by molar-refractivity contribution is 5.87. The molecule has 2 aromatic rings. The number of hydrogen-bond donors (Lipinski definition) is 1. The first kappa shape index (κ1) is 27.1. The van der Waals surface area contributed by atoms with Crippen LogP contribution in [0.3, 0.4) is 0 Å². The van der Waals surface area contributed by atoms with E-state index in [1.54, 1.807) is 39.1 Å². The molecule has 5 atom stereocenters. The van der Waals surface area contributed by atoms with Crippen LogP contribution in [0.5, 0.6) is 0 Å². The van der Waals surface area contributed by atoms with E-state index in [1.807, 2.05) is 10.9 Å². The summed E-state index contributed by atoms with van der Waals surface area (Å²) in [4.78, 5) is 27.7. The Morgan fingerprint density at radius 1 is 1.28 bits per heavy atom. The number of carbonyl (C=O) groups is 2. The van der Waals surface area contributed by atoms with Crippen molar-refractivity contribution in [2.45, 2.75) is 95.7 Å². The van der Waals surface area contributed by atoms with Gasteiger partial charge in [-0.2, -0.15) is 10.4 Å². The maximum atomic E-state index is 15.1. The molecule has 10 heteroatoms. The molecule has 1 saturated carbocycles. The summed E-state index contributed by atoms with van der Waals surface area (Å²) in [5.74, 6) is -0.821. The number of likely N-dealkylation sites (tertiary alicyclic amines) is 1. The molecule has 1 unspecified atom stereocenters. The molecule has 2 bridgehead atoms. The van der Waals surface area contributed by atoms with Crippen LogP contribution in [0.15, 0.2) is 30.6 Å². The van der Waals surface area contributed by atoms with Gasteiger partial charge in [0.1, 0.15) is 23.5 Å². The van der Waals surface area contributed by atoms with Gasteiger partial charge >= 0.3 is 6.09 Å². The molecule has 39 heavy (non-hydrogen) atoms. The number of nitrogens with zero attached hydrogens (tertiary/aromatic N) is 4. The molecule has 1 N–H and O–H groups in total. The van der Waals surface area contributed by atoms with Crippen molar-refractivity contribution in [1.29, 1.82) is 5.26 Å². The van der Waals surface area contributed by atoms with Crippen molar-refractivity contribution >= 4 is 12.0 Å². The highest BCUT2D eigenvalue weighted by Gasteiger charge is 2.52. The second-order valence-electron chi connectivity index (χ2n) is 11.8. The molecule has 0 spiro atoms. The number of aromatic nitrogens is 2. The SMILES string of the molecule is CC(C)(C)OC(=O)N1[C@@H]2CC[C@@H](C2)[C@H]1C(=O)N[C@H](C#N)Cc1ccc(-c2cnn(CC3CCCO3)c2)cc1F. The molecule has 2 amide bonds. The Morgan fingerprint density at radius 2 is 2.10 bits per heavy atom. The van der Waals surface area contributed by atoms with Gasteiger partial charge < -0.3 is 14.8 Å². The van der Waals surface area contributed by atoms with Gasteiger partial charge in [-0.3, -0.25) is 14.4 Å². The zero-order valence-electron chi connectivity index (χ0n) is 22.7. The summed E-state index contributed by atoms with van der Waals surface area (Å²) in [6.07, 6.45) is 7.73. The van der Waals surface area contributed by atoms with E-state index >= 15 is 4.39 Å². The molecule has 1 aromatic carbocycles. The number of carbonyl (C=O) groups excluding carboxylic acids is 2. The number of amides is 2. The van der Waals surface area contributed by atoms with E-state index in [2.05, 4.69) is 16.5 Å². The fourth-order valence-electron chi connectivity index (χ4n) is 6.01. The molecule has 3 heterocycles. The smallest absolute Gasteiger partial charge is 0.411 e. The monoisotopic (exact) mass is 537 g/mol. The minimum Gasteiger partial charge on any atom is -0.444 e. The third-order valence-corrected chi connectivity index (χ3v) is 7.79. The first-order valence-electron chi connectivity index (χ1n) is 13.8. The number of fused-ring (bicyclic) bond motifs is 2. The Labute approximate surface area is 228 Å². The lowest BCUT2D eigenvalue weighted by molar-refractivity contribution is -0.128. The number of nitrogens with one attached hydrogen (secondary N) is 1. The van der Waals surface area contributed by atoms with E-state index in [0.717, 1.165) is 44.3 Å². The largest absolute Gasteiger partial charge is 0.444 e. The van der Waals surface area contributed by atoms with Crippen molar-refractivity contribution in [3.63, 3.8) is 0 Å². The molecular weight excluding hydrogens is 501 g/mol. The maximum absolute atomic E-state index is 15.1. The van der Waals surface area contributed by atoms with Crippen LogP contribution >= 0.6 is 0 Å². The number of hydrogen-bond acceptors (Lipinski definition) is 6. The van der Waals surface area contributed by atoms with Crippen LogP contribution in [0.2, 0.25) is 0 Å². The lowest BCUT2D eigenvalue weighted by Gasteiger charge is -2.35. The van der Waals surface area contributed by atoms with Gasteiger partial charge in [0.25, 0.3) is 0 Å². The first-order valence-corrected chi connectivity index (χ1v) is 13.8. The average Bonchev–Trinajstić information content (AvgIpc) is 3.68. The first-order chi connectivity index (χ1) is 18.6. The Balaban J connectivity index is 1.23. The van der Waals surface area contributed by atoms with Crippen LogP contribution in [0, 0.1) is 23.1 Å². The fourth-order valence-corrected chi connectivity index (χ4v) is 6.01. The third-order valence-electron chi connectivity index (χ3n) is 7.79. The van der Waals surface area contributed by atoms with E-state index in [1.165, 1.54) is 11.0 Å². The second kappa shape index (κ2) is 11.0. The van der Waals surface area contributed by atoms with E-state index in [0.29, 0.717) is 17.7 Å². The molecule has 208 valence electrons. The molecule has 9 nitrogen and oxygen atoms in total. The molecule has 1 aliphatic carbocycles. The normalized spacial score (nSPS) is 24.9. The zero-order valence-corrected chi connectivity index (χ0v) is 22.7. The quantitative estimate of drug-likeness (QED) is 0.567. The standard InChI is InChI=1S/C29H36FN5O4/c1-29(2,3)39-28(37)35-23-9-8-20(12-23)26(35)27(36)33-22(14-31)11-19-7-6-18(13-25(19)30)21-15-32-34(16-21)17-24-5-4-10-38-24/h6-7,13,15-16,20,22-24,26H,4-5,8-12,17H2,1-3H3,(H,33,36)/t20-,22-,23+,24?,26-/m0/s1. The summed E-state index contributed by atoms with van der Waals surface area (Å²) >= 11 is 0. The van der Waals surface area contributed by atoms with E-state index < -0.39 is 35.5 Å². The van der Waals surface area contributed by atoms with Crippen LogP contribution < -0.4 is 5.32 Å². The topological polar surface area (TPSA) is 109 Å². The Morgan fingerprint density at radius 3 is 2.79 bits per heavy atom. The summed E-state index contributed by atoms with van der Waals surface area (Å²) in [7, 11) is 0. The number of rotatable bonds is 7. The van der Waals surface area contributed by atoms with Crippen molar-refractivity contribution in [2.75, 3.05) is 6.61 Å². The Kier molecular flexibility index (Phi) is 7.63. The number of halogens is 1. The fraction of sp³-hybridized carbons (Fsp3) is 0.586. The van der Waals surface area contributed by atoms with Crippen molar-refractivity contribution in [2.24, 2.45) is 5.92 Å². The predicted molar refractivity (Wildman–Crippen MR) is 141 cm³/mol. The summed E-state index contributed by atoms with van der Waals surface area (Å²) < 4.78 is 28.2. The molecule has 5 rings (SSSR count). The van der Waals surface area contributed by atoms with Crippen LogP contribution in [0.4, 0.5) is 9.18 Å². The number of nitriles is 1. The van der Waals surface area contributed by atoms with Crippen LogP contribution in [-0.4, -0.2) is 63.1 Å². The van der Waals surface area contributed by atoms with E-state index in [9.17, 15) is 14.9 Å². The van der Waals surface area contributed by atoms with Gasteiger partial charge in [0, 0.05) is 30.8 Å². The molecule has 1 aromatic heterocycles. The van der Waals surface area contributed by atoms with Crippen LogP contribution in [-0.2, 0) is 27.2 Å². The molecule has 0 radical (unpaired) electrons. The highest BCUT2D eigenvalue weighted by Crippen LogP contribution is 2.43. The molecular formula is C29H36FN5O4. The van der Waals surface area contributed by atoms with Crippen LogP contribution in [0.25, 0.3) is 11.1 Å². The van der Waals surface area contributed by atoms with Gasteiger partial charge in [0.15, 0.2) is 0 Å². The zero-order chi connectivity index (χ0) is 27.7. The lowest BCUT2D eigenvalue weighted by Crippen LogP contribution is -2.55. The van der Waals surface area contributed by atoms with Crippen molar-refractivity contribution in [3.05, 3.63) is 42.0 Å². The third kappa shape index (κ3) is 6.09. The number of piperidine rings is 1. The number of ether oxygens (including phenoxy) is 2. The van der Waals surface area contributed by atoms with Gasteiger partial charge in [0.2, 0.25) is 5.91 Å². The minimum absolute atomic E-state index is 0.0138. The van der Waals surface area contributed by atoms with Gasteiger partial charge in [-0.1, -0.05) is 12.1 Å². The lowest BCUT2D eigenvalue weighted by atomic mass is 9.97. The van der Waals surface area contributed by atoms with Gasteiger partial charge in [-0.05, 0) is 76.0 Å². The summed E-state index contributed by atoms with van der Waals surface area (Å²) in [6.45, 7) is 6.81. The molecule has 2 aliphatic heterocycles. The summed E-state index contributed by atoms with van der Waals surface area (Å²) in [5.41, 5.74) is 1.13. The molecule has 2 saturated heterocycles. The predicted octanol–water partition coefficient (Wildman–Crippen LogP) is 4.21. The van der Waals surface area contributed by atoms with E-state index in [4.69, 9.17) is 9.47 Å². The molecule has 3 fully saturated rings. The van der Waals surface area contributed by atoms with Crippen molar-refractivity contribution in [1.82, 2.24) is 20.0 Å². The van der Waals surface area contributed by atoms with Crippen molar-refractivity contribution < 1.29 is 23.5 Å². The van der Waals surface area contributed by atoms with Crippen LogP contribution in [0.1, 0.15) is 58.4 Å². The molecule has 3 aliphatic rings. The summed E-state index contributed by atoms with van der Waals surface area (Å²) in [6, 6.07) is 5.28. The minimum atomic E-state index is -0.938. The Hall–Kier alpha value is -3.45. The number of benzene rings is 1. The van der Waals surface area contributed by atoms with Gasteiger partial charge in [-0.25, -0.2) is 9.18 Å². The second-order valence-corrected chi connectivity index (χ2v) is 11.8. The maximum Gasteiger partial charge on any atom is 0.411 e. The highest BCUT2D eigenvalue weighted by atomic mass is 19.1. The Bertz CT molecular complexity index is 1260. The van der Waals surface area contributed by atoms with Crippen molar-refractivity contribution in [3.8, 4) is 17.2 Å². The van der Waals surface area contributed by atoms with Gasteiger partial charge in [-0.15, -0.1) is 0 Å². The van der Waals surface area contributed by atoms with E-state index in [-0.39, 0.29) is 24.5 Å². The summed E-state index contributed by atoms with van der Waals surface area (Å²) in [5, 5.41) is 16.9. The van der Waals surface area contributed by atoms with Gasteiger partial charge in [0.05, 0.1) is 24.9 Å². The average molecular weight is 538 g/mol.